The molecule has 0 bridgehead atoms. The lowest BCUT2D eigenvalue weighted by Gasteiger charge is -2.17. The number of carbonyl (C=O) groups excluding carboxylic acids is 2. The van der Waals surface area contributed by atoms with Gasteiger partial charge in [0.1, 0.15) is 5.56 Å². The van der Waals surface area contributed by atoms with E-state index in [0.29, 0.717) is 0 Å². The van der Waals surface area contributed by atoms with E-state index in [1.165, 1.54) is 32.2 Å². The van der Waals surface area contributed by atoms with Crippen LogP contribution >= 0.6 is 0 Å². The molecule has 0 fully saturated rings. The summed E-state index contributed by atoms with van der Waals surface area (Å²) in [5.74, 6) is -1.97. The van der Waals surface area contributed by atoms with Gasteiger partial charge in [-0.25, -0.2) is 9.59 Å². The minimum Gasteiger partial charge on any atom is -0.493 e. The number of aromatic carboxylic acids is 1. The summed E-state index contributed by atoms with van der Waals surface area (Å²) in [6.07, 6.45) is -1.13. The molecular formula is C12H14N2O6. The van der Waals surface area contributed by atoms with Gasteiger partial charge in [-0.2, -0.15) is 0 Å². The van der Waals surface area contributed by atoms with Crippen molar-refractivity contribution in [3.63, 3.8) is 0 Å². The summed E-state index contributed by atoms with van der Waals surface area (Å²) in [7, 11) is 1.34. The van der Waals surface area contributed by atoms with Gasteiger partial charge >= 0.3 is 12.0 Å². The molecule has 0 radical (unpaired) electrons. The molecule has 4 N–H and O–H groups in total. The fraction of sp³-hybridized carbons (Fsp3) is 0.250. The average molecular weight is 282 g/mol. The van der Waals surface area contributed by atoms with Crippen molar-refractivity contribution in [1.82, 2.24) is 5.32 Å². The third kappa shape index (κ3) is 3.61. The number of primary amides is 1. The monoisotopic (exact) mass is 282 g/mol. The summed E-state index contributed by atoms with van der Waals surface area (Å²) < 4.78 is 10.3. The fourth-order valence-corrected chi connectivity index (χ4v) is 1.42. The van der Waals surface area contributed by atoms with Crippen LogP contribution in [0.25, 0.3) is 0 Å². The number of carboxylic acid groups (broad SMARTS) is 1. The summed E-state index contributed by atoms with van der Waals surface area (Å²) >= 11 is 0. The second kappa shape index (κ2) is 6.41. The molecule has 8 heteroatoms. The van der Waals surface area contributed by atoms with E-state index in [1.807, 2.05) is 5.32 Å². The van der Waals surface area contributed by atoms with E-state index in [4.69, 9.17) is 20.3 Å². The Labute approximate surface area is 114 Å². The standard InChI is InChI=1S/C12H14N2O6/c1-6(10(15)14-12(13)18)20-9-7(11(16)17)4-3-5-8(9)19-2/h3-6H,1-2H3,(H,16,17)(H3,13,14,15,18). The second-order valence-corrected chi connectivity index (χ2v) is 3.76. The second-order valence-electron chi connectivity index (χ2n) is 3.76. The van der Waals surface area contributed by atoms with Crippen LogP contribution in [0.15, 0.2) is 18.2 Å². The van der Waals surface area contributed by atoms with Crippen molar-refractivity contribution in [2.45, 2.75) is 13.0 Å². The van der Waals surface area contributed by atoms with Crippen molar-refractivity contribution < 1.29 is 29.0 Å². The summed E-state index contributed by atoms with van der Waals surface area (Å²) in [6.45, 7) is 1.34. The number of methoxy groups -OCH3 is 1. The van der Waals surface area contributed by atoms with Gasteiger partial charge in [0.05, 0.1) is 7.11 Å². The third-order valence-electron chi connectivity index (χ3n) is 2.34. The predicted molar refractivity (Wildman–Crippen MR) is 67.8 cm³/mol. The zero-order chi connectivity index (χ0) is 15.3. The Morgan fingerprint density at radius 1 is 1.35 bits per heavy atom. The number of rotatable bonds is 5. The van der Waals surface area contributed by atoms with E-state index in [-0.39, 0.29) is 17.1 Å². The summed E-state index contributed by atoms with van der Waals surface area (Å²) in [6, 6.07) is 3.24. The summed E-state index contributed by atoms with van der Waals surface area (Å²) in [5.41, 5.74) is 4.65. The van der Waals surface area contributed by atoms with Crippen molar-refractivity contribution in [2.24, 2.45) is 5.73 Å². The maximum Gasteiger partial charge on any atom is 0.339 e. The molecule has 1 aromatic carbocycles. The average Bonchev–Trinajstić information content (AvgIpc) is 2.37. The Morgan fingerprint density at radius 3 is 2.50 bits per heavy atom. The molecule has 1 rings (SSSR count). The molecule has 0 spiro atoms. The number of carboxylic acids is 1. The smallest absolute Gasteiger partial charge is 0.339 e. The first-order chi connectivity index (χ1) is 9.36. The van der Waals surface area contributed by atoms with E-state index in [0.717, 1.165) is 0 Å². The van der Waals surface area contributed by atoms with Gasteiger partial charge in [0.15, 0.2) is 17.6 Å². The van der Waals surface area contributed by atoms with Gasteiger partial charge in [-0.1, -0.05) is 6.07 Å². The molecule has 0 aromatic heterocycles. The number of amides is 3. The third-order valence-corrected chi connectivity index (χ3v) is 2.34. The van der Waals surface area contributed by atoms with Crippen LogP contribution < -0.4 is 20.5 Å². The molecule has 0 aliphatic carbocycles. The number of hydrogen-bond acceptors (Lipinski definition) is 5. The van der Waals surface area contributed by atoms with Crippen LogP contribution in [0.4, 0.5) is 4.79 Å². The van der Waals surface area contributed by atoms with Crippen LogP contribution in [0, 0.1) is 0 Å². The highest BCUT2D eigenvalue weighted by atomic mass is 16.5. The Bertz CT molecular complexity index is 543. The van der Waals surface area contributed by atoms with Crippen LogP contribution in [0.3, 0.4) is 0 Å². The molecule has 0 heterocycles. The largest absolute Gasteiger partial charge is 0.493 e. The molecular weight excluding hydrogens is 268 g/mol. The highest BCUT2D eigenvalue weighted by Gasteiger charge is 2.22. The maximum absolute atomic E-state index is 11.5. The van der Waals surface area contributed by atoms with Gasteiger partial charge in [0, 0.05) is 0 Å². The molecule has 0 saturated heterocycles. The number of imide groups is 1. The van der Waals surface area contributed by atoms with Crippen molar-refractivity contribution >= 4 is 17.9 Å². The zero-order valence-electron chi connectivity index (χ0n) is 10.9. The van der Waals surface area contributed by atoms with Crippen molar-refractivity contribution in [3.8, 4) is 11.5 Å². The zero-order valence-corrected chi connectivity index (χ0v) is 10.9. The molecule has 1 atom stereocenters. The van der Waals surface area contributed by atoms with E-state index >= 15 is 0 Å². The van der Waals surface area contributed by atoms with Gasteiger partial charge < -0.3 is 20.3 Å². The Balaban J connectivity index is 3.04. The minimum absolute atomic E-state index is 0.102. The number of hydrogen-bond donors (Lipinski definition) is 3. The number of para-hydroxylation sites is 1. The summed E-state index contributed by atoms with van der Waals surface area (Å²) in [5, 5.41) is 10.9. The number of nitrogens with one attached hydrogen (secondary N) is 1. The maximum atomic E-state index is 11.5. The lowest BCUT2D eigenvalue weighted by Crippen LogP contribution is -2.42. The van der Waals surface area contributed by atoms with Crippen molar-refractivity contribution in [3.05, 3.63) is 23.8 Å². The number of ether oxygens (including phenoxy) is 2. The Morgan fingerprint density at radius 2 is 2.00 bits per heavy atom. The van der Waals surface area contributed by atoms with Crippen LogP contribution in [0.2, 0.25) is 0 Å². The van der Waals surface area contributed by atoms with Gasteiger partial charge in [-0.15, -0.1) is 0 Å². The van der Waals surface area contributed by atoms with Crippen molar-refractivity contribution in [1.29, 1.82) is 0 Å². The Kier molecular flexibility index (Phi) is 4.90. The number of benzene rings is 1. The van der Waals surface area contributed by atoms with Crippen LogP contribution in [0.5, 0.6) is 11.5 Å². The molecule has 0 saturated carbocycles. The lowest BCUT2D eigenvalue weighted by atomic mass is 10.2. The number of nitrogens with two attached hydrogens (primary N) is 1. The first-order valence-electron chi connectivity index (χ1n) is 5.54. The van der Waals surface area contributed by atoms with Crippen molar-refractivity contribution in [2.75, 3.05) is 7.11 Å². The quantitative estimate of drug-likeness (QED) is 0.715. The van der Waals surface area contributed by atoms with Crippen LogP contribution in [-0.4, -0.2) is 36.2 Å². The Hall–Kier alpha value is -2.77. The molecule has 108 valence electrons. The highest BCUT2D eigenvalue weighted by Crippen LogP contribution is 2.31. The minimum atomic E-state index is -1.23. The van der Waals surface area contributed by atoms with Crippen LogP contribution in [0.1, 0.15) is 17.3 Å². The SMILES string of the molecule is COc1cccc(C(=O)O)c1OC(C)C(=O)NC(N)=O. The fourth-order valence-electron chi connectivity index (χ4n) is 1.42. The van der Waals surface area contributed by atoms with E-state index in [2.05, 4.69) is 0 Å². The number of carbonyl (C=O) groups is 3. The first-order valence-corrected chi connectivity index (χ1v) is 5.54. The van der Waals surface area contributed by atoms with Gasteiger partial charge in [0.2, 0.25) is 0 Å². The van der Waals surface area contributed by atoms with Gasteiger partial charge in [-0.05, 0) is 19.1 Å². The molecule has 8 nitrogen and oxygen atoms in total. The van der Waals surface area contributed by atoms with Gasteiger partial charge in [0.25, 0.3) is 5.91 Å². The molecule has 3 amide bonds. The molecule has 1 aromatic rings. The van der Waals surface area contributed by atoms with E-state index in [1.54, 1.807) is 0 Å². The lowest BCUT2D eigenvalue weighted by molar-refractivity contribution is -0.126. The molecule has 0 aliphatic rings. The van der Waals surface area contributed by atoms with Crippen LogP contribution in [-0.2, 0) is 4.79 Å². The topological polar surface area (TPSA) is 128 Å². The summed E-state index contributed by atoms with van der Waals surface area (Å²) in [4.78, 5) is 33.2. The molecule has 0 aliphatic heterocycles. The first kappa shape index (κ1) is 15.3. The molecule has 20 heavy (non-hydrogen) atoms. The van der Waals surface area contributed by atoms with E-state index < -0.39 is 24.0 Å². The molecule has 1 unspecified atom stereocenters. The number of urea groups is 1. The van der Waals surface area contributed by atoms with Gasteiger partial charge in [-0.3, -0.25) is 10.1 Å². The predicted octanol–water partition coefficient (Wildman–Crippen LogP) is 0.356. The highest BCUT2D eigenvalue weighted by molar-refractivity contribution is 5.96. The normalized spacial score (nSPS) is 11.3. The van der Waals surface area contributed by atoms with E-state index in [9.17, 15) is 14.4 Å².